The monoisotopic (exact) mass is 340 g/mol. The summed E-state index contributed by atoms with van der Waals surface area (Å²) in [6.07, 6.45) is 0. The lowest BCUT2D eigenvalue weighted by molar-refractivity contribution is 0.0426. The first-order chi connectivity index (χ1) is 12.1. The maximum Gasteiger partial charge on any atom is 0.342 e. The summed E-state index contributed by atoms with van der Waals surface area (Å²) in [6, 6.07) is 11.9. The van der Waals surface area contributed by atoms with E-state index in [2.05, 4.69) is 10.1 Å². The molecule has 0 aliphatic heterocycles. The van der Waals surface area contributed by atoms with Crippen LogP contribution in [0.15, 0.2) is 47.0 Å². The fourth-order valence-electron chi connectivity index (χ4n) is 2.21. The number of rotatable bonds is 5. The summed E-state index contributed by atoms with van der Waals surface area (Å²) in [7, 11) is 1.57. The number of ether oxygens (including phenoxy) is 2. The molecular weight excluding hydrogens is 324 g/mol. The number of nitrogens with zero attached hydrogens (tertiary/aromatic N) is 2. The molecule has 0 saturated heterocycles. The number of phenols is 1. The molecule has 7 nitrogen and oxygen atoms in total. The normalized spacial score (nSPS) is 10.5. The Hall–Kier alpha value is -3.35. The van der Waals surface area contributed by atoms with E-state index in [-0.39, 0.29) is 23.8 Å². The largest absolute Gasteiger partial charge is 0.507 e. The lowest BCUT2D eigenvalue weighted by Crippen LogP contribution is -2.06. The number of hydrogen-bond donors (Lipinski definition) is 1. The zero-order chi connectivity index (χ0) is 17.8. The number of carbonyl (C=O) groups excluding carboxylic acids is 1. The van der Waals surface area contributed by atoms with E-state index in [1.54, 1.807) is 31.4 Å². The van der Waals surface area contributed by atoms with E-state index >= 15 is 0 Å². The molecule has 0 aliphatic rings. The summed E-state index contributed by atoms with van der Waals surface area (Å²) < 4.78 is 15.4. The minimum atomic E-state index is -0.665. The van der Waals surface area contributed by atoms with Gasteiger partial charge in [-0.2, -0.15) is 4.98 Å². The van der Waals surface area contributed by atoms with Crippen LogP contribution in [-0.4, -0.2) is 28.3 Å². The third-order valence-corrected chi connectivity index (χ3v) is 3.49. The third-order valence-electron chi connectivity index (χ3n) is 3.49. The predicted octanol–water partition coefficient (Wildman–Crippen LogP) is 3.12. The van der Waals surface area contributed by atoms with Gasteiger partial charge in [-0.3, -0.25) is 0 Å². The number of aryl methyl sites for hydroxylation is 1. The smallest absolute Gasteiger partial charge is 0.342 e. The molecule has 1 heterocycles. The van der Waals surface area contributed by atoms with Crippen molar-refractivity contribution in [2.75, 3.05) is 7.11 Å². The zero-order valence-corrected chi connectivity index (χ0v) is 13.7. The highest BCUT2D eigenvalue weighted by atomic mass is 16.6. The fraction of sp³-hybridized carbons (Fsp3) is 0.167. The van der Waals surface area contributed by atoms with Gasteiger partial charge < -0.3 is 19.1 Å². The minimum absolute atomic E-state index is 0.0903. The van der Waals surface area contributed by atoms with Crippen molar-refractivity contribution in [1.29, 1.82) is 0 Å². The Labute approximate surface area is 143 Å². The molecule has 25 heavy (non-hydrogen) atoms. The molecule has 0 spiro atoms. The number of aromatic hydroxyl groups is 1. The molecule has 1 aromatic heterocycles. The fourth-order valence-corrected chi connectivity index (χ4v) is 2.21. The van der Waals surface area contributed by atoms with Crippen molar-refractivity contribution in [1.82, 2.24) is 10.1 Å². The summed E-state index contributed by atoms with van der Waals surface area (Å²) in [5.74, 6) is 0.382. The topological polar surface area (TPSA) is 94.7 Å². The van der Waals surface area contributed by atoms with Crippen molar-refractivity contribution in [2.24, 2.45) is 0 Å². The Kier molecular flexibility index (Phi) is 4.65. The highest BCUT2D eigenvalue weighted by Gasteiger charge is 2.15. The molecule has 0 unspecified atom stereocenters. The maximum absolute atomic E-state index is 12.1. The molecule has 2 aromatic carbocycles. The number of phenolic OH excluding ortho intramolecular Hbond substituents is 1. The standard InChI is InChI=1S/C18H16N2O5/c1-11-6-7-15(21)14(8-11)18(22)24-10-16-19-17(20-25-16)12-4-3-5-13(9-12)23-2/h3-9,21H,10H2,1-2H3. The van der Waals surface area contributed by atoms with Gasteiger partial charge in [-0.05, 0) is 31.2 Å². The number of esters is 1. The number of methoxy groups -OCH3 is 1. The Balaban J connectivity index is 1.69. The lowest BCUT2D eigenvalue weighted by atomic mass is 10.1. The van der Waals surface area contributed by atoms with Crippen molar-refractivity contribution in [2.45, 2.75) is 13.5 Å². The average molecular weight is 340 g/mol. The van der Waals surface area contributed by atoms with Crippen molar-refractivity contribution in [3.05, 3.63) is 59.5 Å². The van der Waals surface area contributed by atoms with Gasteiger partial charge in [0, 0.05) is 5.56 Å². The van der Waals surface area contributed by atoms with Crippen molar-refractivity contribution in [3.8, 4) is 22.9 Å². The molecule has 0 atom stereocenters. The van der Waals surface area contributed by atoms with E-state index in [4.69, 9.17) is 14.0 Å². The van der Waals surface area contributed by atoms with Gasteiger partial charge in [0.1, 0.15) is 17.1 Å². The Bertz CT molecular complexity index is 904. The summed E-state index contributed by atoms with van der Waals surface area (Å²) in [4.78, 5) is 16.3. The van der Waals surface area contributed by atoms with Crippen LogP contribution >= 0.6 is 0 Å². The van der Waals surface area contributed by atoms with E-state index in [1.165, 1.54) is 6.07 Å². The lowest BCUT2D eigenvalue weighted by Gasteiger charge is -2.05. The van der Waals surface area contributed by atoms with Gasteiger partial charge >= 0.3 is 5.97 Å². The van der Waals surface area contributed by atoms with Crippen LogP contribution in [-0.2, 0) is 11.3 Å². The minimum Gasteiger partial charge on any atom is -0.507 e. The zero-order valence-electron chi connectivity index (χ0n) is 13.7. The second-order valence-electron chi connectivity index (χ2n) is 5.34. The van der Waals surface area contributed by atoms with Gasteiger partial charge in [-0.15, -0.1) is 0 Å². The molecule has 0 radical (unpaired) electrons. The second kappa shape index (κ2) is 7.04. The first kappa shape index (κ1) is 16.5. The van der Waals surface area contributed by atoms with E-state index in [0.29, 0.717) is 11.6 Å². The van der Waals surface area contributed by atoms with Gasteiger partial charge in [0.25, 0.3) is 5.89 Å². The van der Waals surface area contributed by atoms with Gasteiger partial charge in [0.2, 0.25) is 5.82 Å². The van der Waals surface area contributed by atoms with Crippen molar-refractivity contribution >= 4 is 5.97 Å². The van der Waals surface area contributed by atoms with Gasteiger partial charge in [0.15, 0.2) is 6.61 Å². The Morgan fingerprint density at radius 2 is 2.08 bits per heavy atom. The second-order valence-corrected chi connectivity index (χ2v) is 5.34. The van der Waals surface area contributed by atoms with E-state index in [9.17, 15) is 9.90 Å². The van der Waals surface area contributed by atoms with Crippen LogP contribution in [0.1, 0.15) is 21.8 Å². The molecule has 1 N–H and O–H groups in total. The summed E-state index contributed by atoms with van der Waals surface area (Å²) in [5, 5.41) is 13.6. The van der Waals surface area contributed by atoms with Gasteiger partial charge in [-0.1, -0.05) is 28.9 Å². The first-order valence-electron chi connectivity index (χ1n) is 7.50. The van der Waals surface area contributed by atoms with E-state index in [0.717, 1.165) is 11.1 Å². The molecule has 3 rings (SSSR count). The van der Waals surface area contributed by atoms with E-state index < -0.39 is 5.97 Å². The maximum atomic E-state index is 12.1. The quantitative estimate of drug-likeness (QED) is 0.713. The molecule has 7 heteroatoms. The Morgan fingerprint density at radius 3 is 2.88 bits per heavy atom. The SMILES string of the molecule is COc1cccc(-c2noc(COC(=O)c3cc(C)ccc3O)n2)c1. The summed E-state index contributed by atoms with van der Waals surface area (Å²) in [6.45, 7) is 1.62. The highest BCUT2D eigenvalue weighted by Crippen LogP contribution is 2.22. The molecule has 0 amide bonds. The average Bonchev–Trinajstić information content (AvgIpc) is 3.11. The van der Waals surface area contributed by atoms with Crippen LogP contribution < -0.4 is 4.74 Å². The van der Waals surface area contributed by atoms with Crippen molar-refractivity contribution in [3.63, 3.8) is 0 Å². The molecule has 0 aliphatic carbocycles. The van der Waals surface area contributed by atoms with Gasteiger partial charge in [0.05, 0.1) is 7.11 Å². The van der Waals surface area contributed by atoms with Crippen molar-refractivity contribution < 1.29 is 23.9 Å². The first-order valence-corrected chi connectivity index (χ1v) is 7.50. The molecule has 0 fully saturated rings. The van der Waals surface area contributed by atoms with Crippen LogP contribution in [0.4, 0.5) is 0 Å². The molecule has 128 valence electrons. The van der Waals surface area contributed by atoms with Crippen LogP contribution in [0.25, 0.3) is 11.4 Å². The highest BCUT2D eigenvalue weighted by molar-refractivity contribution is 5.92. The van der Waals surface area contributed by atoms with Crippen LogP contribution in [0.3, 0.4) is 0 Å². The number of aromatic nitrogens is 2. The molecule has 0 bridgehead atoms. The van der Waals surface area contributed by atoms with Crippen LogP contribution in [0.5, 0.6) is 11.5 Å². The molecule has 3 aromatic rings. The Morgan fingerprint density at radius 1 is 1.24 bits per heavy atom. The van der Waals surface area contributed by atoms with Crippen LogP contribution in [0.2, 0.25) is 0 Å². The molecule has 0 saturated carbocycles. The van der Waals surface area contributed by atoms with Gasteiger partial charge in [-0.25, -0.2) is 4.79 Å². The number of carbonyl (C=O) groups is 1. The third kappa shape index (κ3) is 3.77. The van der Waals surface area contributed by atoms with Crippen LogP contribution in [0, 0.1) is 6.92 Å². The molecular formula is C18H16N2O5. The summed E-state index contributed by atoms with van der Waals surface area (Å²) >= 11 is 0. The predicted molar refractivity (Wildman–Crippen MR) is 88.2 cm³/mol. The summed E-state index contributed by atoms with van der Waals surface area (Å²) in [5.41, 5.74) is 1.65. The number of benzene rings is 2. The van der Waals surface area contributed by atoms with E-state index in [1.807, 2.05) is 19.1 Å². The number of hydrogen-bond acceptors (Lipinski definition) is 7.